The Kier molecular flexibility index (Phi) is 3.36. The van der Waals surface area contributed by atoms with Crippen LogP contribution in [0.3, 0.4) is 0 Å². The summed E-state index contributed by atoms with van der Waals surface area (Å²) in [7, 11) is 0. The Morgan fingerprint density at radius 1 is 1.39 bits per heavy atom. The van der Waals surface area contributed by atoms with Gasteiger partial charge in [0.05, 0.1) is 15.5 Å². The van der Waals surface area contributed by atoms with Crippen LogP contribution in [0.25, 0.3) is 11.0 Å². The van der Waals surface area contributed by atoms with E-state index < -0.39 is 0 Å². The second-order valence-corrected chi connectivity index (χ2v) is 6.54. The summed E-state index contributed by atoms with van der Waals surface area (Å²) in [6.07, 6.45) is 0.959. The van der Waals surface area contributed by atoms with Crippen LogP contribution < -0.4 is 5.73 Å². The van der Waals surface area contributed by atoms with Gasteiger partial charge in [-0.1, -0.05) is 20.8 Å². The maximum atomic E-state index is 13.6. The summed E-state index contributed by atoms with van der Waals surface area (Å²) in [4.78, 5) is 4.26. The number of rotatable bonds is 2. The van der Waals surface area contributed by atoms with Crippen LogP contribution in [0.1, 0.15) is 27.2 Å². The number of hydrogen-bond acceptors (Lipinski definition) is 2. The first-order valence-electron chi connectivity index (χ1n) is 5.89. The molecule has 1 aromatic heterocycles. The fourth-order valence-electron chi connectivity index (χ4n) is 1.82. The van der Waals surface area contributed by atoms with E-state index in [0.29, 0.717) is 10.4 Å². The normalized spacial score (nSPS) is 12.3. The zero-order valence-electron chi connectivity index (χ0n) is 10.8. The average Bonchev–Trinajstić information content (AvgIpc) is 2.51. The molecule has 0 amide bonds. The quantitative estimate of drug-likeness (QED) is 0.912. The molecule has 0 radical (unpaired) electrons. The lowest BCUT2D eigenvalue weighted by molar-refractivity contribution is 0.354. The van der Waals surface area contributed by atoms with Gasteiger partial charge in [-0.05, 0) is 33.8 Å². The Labute approximate surface area is 114 Å². The minimum absolute atomic E-state index is 0.205. The molecule has 2 N–H and O–H groups in total. The minimum atomic E-state index is -0.292. The molecule has 0 aliphatic carbocycles. The Bertz CT molecular complexity index is 584. The number of fused-ring (bicyclic) bond motifs is 1. The first-order chi connectivity index (χ1) is 8.28. The molecule has 0 fully saturated rings. The number of nitrogens with zero attached hydrogens (tertiary/aromatic N) is 2. The van der Waals surface area contributed by atoms with Gasteiger partial charge in [0.2, 0.25) is 5.95 Å². The van der Waals surface area contributed by atoms with Crippen LogP contribution >= 0.6 is 15.9 Å². The third kappa shape index (κ3) is 2.66. The van der Waals surface area contributed by atoms with Gasteiger partial charge in [-0.3, -0.25) is 0 Å². The van der Waals surface area contributed by atoms with Gasteiger partial charge in [-0.2, -0.15) is 0 Å². The molecule has 0 unspecified atom stereocenters. The number of hydrogen-bond donors (Lipinski definition) is 1. The van der Waals surface area contributed by atoms with E-state index in [1.807, 2.05) is 4.57 Å². The second-order valence-electron chi connectivity index (χ2n) is 5.69. The first kappa shape index (κ1) is 13.3. The Morgan fingerprint density at radius 2 is 2.06 bits per heavy atom. The Morgan fingerprint density at radius 3 is 2.67 bits per heavy atom. The van der Waals surface area contributed by atoms with E-state index in [1.54, 1.807) is 6.07 Å². The zero-order chi connectivity index (χ0) is 13.5. The van der Waals surface area contributed by atoms with Crippen molar-refractivity contribution < 1.29 is 4.39 Å². The van der Waals surface area contributed by atoms with Crippen LogP contribution in [-0.4, -0.2) is 9.55 Å². The average molecular weight is 314 g/mol. The van der Waals surface area contributed by atoms with E-state index in [9.17, 15) is 4.39 Å². The van der Waals surface area contributed by atoms with Crippen LogP contribution in [0.2, 0.25) is 0 Å². The number of benzene rings is 1. The largest absolute Gasteiger partial charge is 0.369 e. The van der Waals surface area contributed by atoms with Gasteiger partial charge in [0.1, 0.15) is 5.82 Å². The molecule has 18 heavy (non-hydrogen) atoms. The third-order valence-corrected chi connectivity index (χ3v) is 3.51. The standard InChI is InChI=1S/C13H17BrFN3/c1-13(2,3)4-5-18-11-7-9(15)8(14)6-10(11)17-12(18)16/h6-7H,4-5H2,1-3H3,(H2,16,17). The highest BCUT2D eigenvalue weighted by Gasteiger charge is 2.15. The highest BCUT2D eigenvalue weighted by atomic mass is 79.9. The topological polar surface area (TPSA) is 43.8 Å². The molecule has 0 saturated carbocycles. The number of aryl methyl sites for hydroxylation is 1. The van der Waals surface area contributed by atoms with E-state index >= 15 is 0 Å². The number of aromatic nitrogens is 2. The molecule has 0 saturated heterocycles. The molecule has 0 bridgehead atoms. The van der Waals surface area contributed by atoms with Crippen LogP contribution in [0.5, 0.6) is 0 Å². The summed E-state index contributed by atoms with van der Waals surface area (Å²) in [5, 5.41) is 0. The monoisotopic (exact) mass is 313 g/mol. The lowest BCUT2D eigenvalue weighted by atomic mass is 9.92. The summed E-state index contributed by atoms with van der Waals surface area (Å²) in [5.41, 5.74) is 7.57. The van der Waals surface area contributed by atoms with E-state index in [1.165, 1.54) is 6.07 Å². The molecule has 2 rings (SSSR count). The Balaban J connectivity index is 2.44. The van der Waals surface area contributed by atoms with Crippen molar-refractivity contribution >= 4 is 32.9 Å². The molecule has 1 heterocycles. The van der Waals surface area contributed by atoms with Crippen LogP contribution in [0, 0.1) is 11.2 Å². The molecule has 3 nitrogen and oxygen atoms in total. The van der Waals surface area contributed by atoms with Crippen molar-refractivity contribution in [1.29, 1.82) is 0 Å². The molecule has 0 aliphatic heterocycles. The molecular weight excluding hydrogens is 297 g/mol. The molecule has 5 heteroatoms. The smallest absolute Gasteiger partial charge is 0.201 e. The molecular formula is C13H17BrFN3. The van der Waals surface area contributed by atoms with E-state index in [2.05, 4.69) is 41.7 Å². The lowest BCUT2D eigenvalue weighted by Crippen LogP contribution is -2.12. The van der Waals surface area contributed by atoms with Crippen molar-refractivity contribution in [2.75, 3.05) is 5.73 Å². The van der Waals surface area contributed by atoms with Gasteiger partial charge in [0.25, 0.3) is 0 Å². The summed E-state index contributed by atoms with van der Waals surface area (Å²) < 4.78 is 15.9. The molecule has 0 spiro atoms. The van der Waals surface area contributed by atoms with Crippen molar-refractivity contribution in [2.24, 2.45) is 5.41 Å². The molecule has 98 valence electrons. The Hall–Kier alpha value is -1.10. The predicted octanol–water partition coefficient (Wildman–Crippen LogP) is 3.96. The number of halogens is 2. The van der Waals surface area contributed by atoms with E-state index in [4.69, 9.17) is 5.73 Å². The van der Waals surface area contributed by atoms with Gasteiger partial charge in [0.15, 0.2) is 0 Å². The SMILES string of the molecule is CC(C)(C)CCn1c(N)nc2cc(Br)c(F)cc21. The summed E-state index contributed by atoms with van der Waals surface area (Å²) in [6.45, 7) is 7.24. The van der Waals surface area contributed by atoms with Gasteiger partial charge < -0.3 is 10.3 Å². The highest BCUT2D eigenvalue weighted by molar-refractivity contribution is 9.10. The molecule has 0 aliphatic rings. The lowest BCUT2D eigenvalue weighted by Gasteiger charge is -2.18. The minimum Gasteiger partial charge on any atom is -0.369 e. The van der Waals surface area contributed by atoms with Crippen molar-refractivity contribution in [3.63, 3.8) is 0 Å². The first-order valence-corrected chi connectivity index (χ1v) is 6.68. The number of anilines is 1. The number of nitrogens with two attached hydrogens (primary N) is 1. The molecule has 2 aromatic rings. The van der Waals surface area contributed by atoms with Crippen LogP contribution in [0.4, 0.5) is 10.3 Å². The summed E-state index contributed by atoms with van der Waals surface area (Å²) >= 11 is 3.16. The molecule has 0 atom stereocenters. The van der Waals surface area contributed by atoms with Gasteiger partial charge >= 0.3 is 0 Å². The summed E-state index contributed by atoms with van der Waals surface area (Å²) in [6, 6.07) is 3.14. The van der Waals surface area contributed by atoms with Gasteiger partial charge in [-0.15, -0.1) is 0 Å². The third-order valence-electron chi connectivity index (χ3n) is 2.91. The maximum Gasteiger partial charge on any atom is 0.201 e. The zero-order valence-corrected chi connectivity index (χ0v) is 12.4. The number of imidazole rings is 1. The molecule has 1 aromatic carbocycles. The van der Waals surface area contributed by atoms with Crippen molar-refractivity contribution in [2.45, 2.75) is 33.7 Å². The predicted molar refractivity (Wildman–Crippen MR) is 75.9 cm³/mol. The van der Waals surface area contributed by atoms with E-state index in [0.717, 1.165) is 24.0 Å². The fraction of sp³-hybridized carbons (Fsp3) is 0.462. The van der Waals surface area contributed by atoms with Gasteiger partial charge in [-0.25, -0.2) is 9.37 Å². The number of nitrogen functional groups attached to an aromatic ring is 1. The second kappa shape index (κ2) is 4.53. The maximum absolute atomic E-state index is 13.6. The van der Waals surface area contributed by atoms with Crippen LogP contribution in [0.15, 0.2) is 16.6 Å². The van der Waals surface area contributed by atoms with Crippen molar-refractivity contribution in [1.82, 2.24) is 9.55 Å². The summed E-state index contributed by atoms with van der Waals surface area (Å²) in [5.74, 6) is 0.145. The van der Waals surface area contributed by atoms with Crippen molar-refractivity contribution in [3.8, 4) is 0 Å². The van der Waals surface area contributed by atoms with E-state index in [-0.39, 0.29) is 11.2 Å². The highest BCUT2D eigenvalue weighted by Crippen LogP contribution is 2.27. The van der Waals surface area contributed by atoms with Gasteiger partial charge in [0, 0.05) is 12.6 Å². The van der Waals surface area contributed by atoms with Crippen LogP contribution in [-0.2, 0) is 6.54 Å². The van der Waals surface area contributed by atoms with Crippen molar-refractivity contribution in [3.05, 3.63) is 22.4 Å². The fourth-order valence-corrected chi connectivity index (χ4v) is 2.15.